The van der Waals surface area contributed by atoms with Gasteiger partial charge in [-0.15, -0.1) is 16.9 Å². The molecule has 9 heteroatoms. The van der Waals surface area contributed by atoms with Crippen molar-refractivity contribution in [3.8, 4) is 11.4 Å². The summed E-state index contributed by atoms with van der Waals surface area (Å²) in [6.07, 6.45) is 0. The van der Waals surface area contributed by atoms with Gasteiger partial charge in [0.25, 0.3) is 0 Å². The first-order valence-electron chi connectivity index (χ1n) is 8.17. The summed E-state index contributed by atoms with van der Waals surface area (Å²) in [7, 11) is 1.58. The smallest absolute Gasteiger partial charge is 0.230 e. The summed E-state index contributed by atoms with van der Waals surface area (Å²) in [5.74, 6) is 2.12. The number of halogens is 1. The largest absolute Gasteiger partial charge is 0.496 e. The van der Waals surface area contributed by atoms with Crippen LogP contribution < -0.4 is 10.1 Å². The predicted octanol–water partition coefficient (Wildman–Crippen LogP) is 2.87. The quantitative estimate of drug-likeness (QED) is 0.622. The van der Waals surface area contributed by atoms with Crippen molar-refractivity contribution in [2.75, 3.05) is 12.9 Å². The first kappa shape index (κ1) is 19.2. The Morgan fingerprint density at radius 1 is 1.26 bits per heavy atom. The Morgan fingerprint density at radius 3 is 2.85 bits per heavy atom. The lowest BCUT2D eigenvalue weighted by molar-refractivity contribution is -0.118. The third-order valence-corrected chi connectivity index (χ3v) is 4.88. The average molecular weight is 404 g/mol. The highest BCUT2D eigenvalue weighted by atomic mass is 35.5. The number of para-hydroxylation sites is 1. The number of methoxy groups -OCH3 is 1. The lowest BCUT2D eigenvalue weighted by Crippen LogP contribution is -2.25. The number of hydrogen-bond acceptors (Lipinski definition) is 6. The number of rotatable bonds is 8. The number of nitrogens with zero attached hydrogens (tertiary/aromatic N) is 4. The Morgan fingerprint density at radius 2 is 2.07 bits per heavy atom. The van der Waals surface area contributed by atoms with Crippen molar-refractivity contribution in [2.45, 2.75) is 12.3 Å². The molecule has 3 aromatic rings. The van der Waals surface area contributed by atoms with Crippen LogP contribution in [0.2, 0.25) is 5.02 Å². The van der Waals surface area contributed by atoms with Crippen LogP contribution in [0.4, 0.5) is 0 Å². The van der Waals surface area contributed by atoms with Crippen molar-refractivity contribution in [3.05, 3.63) is 64.9 Å². The van der Waals surface area contributed by atoms with Gasteiger partial charge in [-0.05, 0) is 40.8 Å². The zero-order chi connectivity index (χ0) is 19.1. The Labute approximate surface area is 166 Å². The van der Waals surface area contributed by atoms with Gasteiger partial charge in [-0.25, -0.2) is 0 Å². The number of thioether (sulfide) groups is 1. The van der Waals surface area contributed by atoms with Gasteiger partial charge in [0.1, 0.15) is 5.75 Å². The molecule has 0 saturated heterocycles. The number of tetrazole rings is 1. The van der Waals surface area contributed by atoms with Crippen molar-refractivity contribution in [1.82, 2.24) is 25.5 Å². The van der Waals surface area contributed by atoms with Crippen LogP contribution in [0.3, 0.4) is 0 Å². The second-order valence-corrected chi connectivity index (χ2v) is 6.99. The van der Waals surface area contributed by atoms with Gasteiger partial charge in [0, 0.05) is 17.1 Å². The minimum absolute atomic E-state index is 0.0826. The molecule has 7 nitrogen and oxygen atoms in total. The van der Waals surface area contributed by atoms with Crippen LogP contribution in [0.1, 0.15) is 11.4 Å². The molecule has 0 bridgehead atoms. The van der Waals surface area contributed by atoms with E-state index in [2.05, 4.69) is 20.8 Å². The monoisotopic (exact) mass is 403 g/mol. The minimum atomic E-state index is -0.0826. The summed E-state index contributed by atoms with van der Waals surface area (Å²) in [5.41, 5.74) is 1.71. The molecule has 0 aliphatic rings. The lowest BCUT2D eigenvalue weighted by atomic mass is 10.2. The Hall–Kier alpha value is -2.58. The summed E-state index contributed by atoms with van der Waals surface area (Å²) < 4.78 is 6.95. The maximum absolute atomic E-state index is 12.1. The standard InChI is InChI=1S/C18H18ClN5O2S/c1-26-16-8-7-14(19)9-13(16)10-20-18(25)12-27-11-17-21-22-23-24(17)15-5-3-2-4-6-15/h2-9H,10-12H2,1H3,(H,20,25). The van der Waals surface area contributed by atoms with Crippen LogP contribution in [0.5, 0.6) is 5.75 Å². The van der Waals surface area contributed by atoms with Crippen LogP contribution in [-0.2, 0) is 17.1 Å². The molecule has 1 amide bonds. The summed E-state index contributed by atoms with van der Waals surface area (Å²) in [4.78, 5) is 12.1. The van der Waals surface area contributed by atoms with Gasteiger partial charge in [0.2, 0.25) is 5.91 Å². The molecule has 0 aliphatic carbocycles. The molecule has 0 saturated carbocycles. The maximum atomic E-state index is 12.1. The normalized spacial score (nSPS) is 10.6. The van der Waals surface area contributed by atoms with Crippen LogP contribution in [0.25, 0.3) is 5.69 Å². The third-order valence-electron chi connectivity index (χ3n) is 3.72. The van der Waals surface area contributed by atoms with E-state index in [1.807, 2.05) is 30.3 Å². The molecular formula is C18H18ClN5O2S. The topological polar surface area (TPSA) is 81.9 Å². The van der Waals surface area contributed by atoms with Crippen LogP contribution in [0.15, 0.2) is 48.5 Å². The van der Waals surface area contributed by atoms with Gasteiger partial charge >= 0.3 is 0 Å². The van der Waals surface area contributed by atoms with Gasteiger partial charge in [0.05, 0.1) is 24.3 Å². The number of amides is 1. The van der Waals surface area contributed by atoms with E-state index >= 15 is 0 Å². The summed E-state index contributed by atoms with van der Waals surface area (Å²) in [6.45, 7) is 0.352. The molecular weight excluding hydrogens is 386 g/mol. The molecule has 0 fully saturated rings. The Kier molecular flexibility index (Phi) is 6.67. The molecule has 0 atom stereocenters. The molecule has 2 aromatic carbocycles. The minimum Gasteiger partial charge on any atom is -0.496 e. The molecule has 140 valence electrons. The van der Waals surface area contributed by atoms with E-state index < -0.39 is 0 Å². The van der Waals surface area contributed by atoms with E-state index in [4.69, 9.17) is 16.3 Å². The van der Waals surface area contributed by atoms with Crippen molar-refractivity contribution in [1.29, 1.82) is 0 Å². The molecule has 0 unspecified atom stereocenters. The fourth-order valence-corrected chi connectivity index (χ4v) is 3.38. The Balaban J connectivity index is 1.50. The molecule has 3 rings (SSSR count). The van der Waals surface area contributed by atoms with Gasteiger partial charge in [-0.2, -0.15) is 4.68 Å². The van der Waals surface area contributed by atoms with Gasteiger partial charge in [-0.1, -0.05) is 29.8 Å². The van der Waals surface area contributed by atoms with Crippen molar-refractivity contribution < 1.29 is 9.53 Å². The van der Waals surface area contributed by atoms with E-state index in [1.54, 1.807) is 30.0 Å². The fraction of sp³-hybridized carbons (Fsp3) is 0.222. The molecule has 1 heterocycles. The summed E-state index contributed by atoms with van der Waals surface area (Å²) >= 11 is 7.45. The Bertz CT molecular complexity index is 904. The predicted molar refractivity (Wildman–Crippen MR) is 105 cm³/mol. The number of nitrogens with one attached hydrogen (secondary N) is 1. The number of aromatic nitrogens is 4. The van der Waals surface area contributed by atoms with Crippen LogP contribution in [-0.4, -0.2) is 39.0 Å². The van der Waals surface area contributed by atoms with Gasteiger partial charge in [-0.3, -0.25) is 4.79 Å². The molecule has 1 aromatic heterocycles. The van der Waals surface area contributed by atoms with Crippen LogP contribution in [0, 0.1) is 0 Å². The van der Waals surface area contributed by atoms with E-state index in [9.17, 15) is 4.79 Å². The fourth-order valence-electron chi connectivity index (χ4n) is 2.43. The number of carbonyl (C=O) groups excluding carboxylic acids is 1. The maximum Gasteiger partial charge on any atom is 0.230 e. The second kappa shape index (κ2) is 9.38. The van der Waals surface area contributed by atoms with E-state index in [1.165, 1.54) is 11.8 Å². The zero-order valence-electron chi connectivity index (χ0n) is 14.6. The molecule has 0 radical (unpaired) electrons. The summed E-state index contributed by atoms with van der Waals surface area (Å²) in [6, 6.07) is 14.9. The number of hydrogen-bond donors (Lipinski definition) is 1. The second-order valence-electron chi connectivity index (χ2n) is 5.57. The lowest BCUT2D eigenvalue weighted by Gasteiger charge is -2.10. The molecule has 1 N–H and O–H groups in total. The van der Waals surface area contributed by atoms with E-state index in [0.717, 1.165) is 11.3 Å². The van der Waals surface area contributed by atoms with Crippen molar-refractivity contribution in [2.24, 2.45) is 0 Å². The van der Waals surface area contributed by atoms with E-state index in [-0.39, 0.29) is 5.91 Å². The molecule has 0 spiro atoms. The number of carbonyl (C=O) groups is 1. The van der Waals surface area contributed by atoms with Gasteiger partial charge in [0.15, 0.2) is 5.82 Å². The van der Waals surface area contributed by atoms with Crippen molar-refractivity contribution in [3.63, 3.8) is 0 Å². The van der Waals surface area contributed by atoms with Crippen molar-refractivity contribution >= 4 is 29.3 Å². The first-order chi connectivity index (χ1) is 13.2. The van der Waals surface area contributed by atoms with Crippen LogP contribution >= 0.6 is 23.4 Å². The SMILES string of the molecule is COc1ccc(Cl)cc1CNC(=O)CSCc1nnnn1-c1ccccc1. The zero-order valence-corrected chi connectivity index (χ0v) is 16.2. The number of benzene rings is 2. The highest BCUT2D eigenvalue weighted by Gasteiger charge is 2.10. The number of ether oxygens (including phenoxy) is 1. The highest BCUT2D eigenvalue weighted by Crippen LogP contribution is 2.22. The molecule has 27 heavy (non-hydrogen) atoms. The van der Waals surface area contributed by atoms with Gasteiger partial charge < -0.3 is 10.1 Å². The average Bonchev–Trinajstić information content (AvgIpc) is 3.16. The van der Waals surface area contributed by atoms with E-state index in [0.29, 0.717) is 34.6 Å². The highest BCUT2D eigenvalue weighted by molar-refractivity contribution is 7.99. The molecule has 0 aliphatic heterocycles. The first-order valence-corrected chi connectivity index (χ1v) is 9.70. The third kappa shape index (κ3) is 5.21. The summed E-state index contributed by atoms with van der Waals surface area (Å²) in [5, 5.41) is 15.2.